The third-order valence-corrected chi connectivity index (χ3v) is 6.01. The normalized spacial score (nSPS) is 11.8. The third kappa shape index (κ3) is 4.59. The predicted molar refractivity (Wildman–Crippen MR) is 146 cm³/mol. The van der Waals surface area contributed by atoms with Crippen LogP contribution >= 0.6 is 0 Å². The highest BCUT2D eigenvalue weighted by Gasteiger charge is 2.18. The molecule has 10 heteroatoms. The van der Waals surface area contributed by atoms with E-state index in [4.69, 9.17) is 9.97 Å². The number of amides is 1. The molecule has 188 valence electrons. The van der Waals surface area contributed by atoms with Gasteiger partial charge < -0.3 is 10.3 Å². The fourth-order valence-electron chi connectivity index (χ4n) is 4.35. The van der Waals surface area contributed by atoms with Crippen molar-refractivity contribution in [1.82, 2.24) is 40.1 Å². The number of carbonyl (C=O) groups excluding carboxylic acids is 1. The van der Waals surface area contributed by atoms with Crippen molar-refractivity contribution in [1.29, 1.82) is 0 Å². The van der Waals surface area contributed by atoms with Crippen molar-refractivity contribution in [2.24, 2.45) is 5.41 Å². The van der Waals surface area contributed by atoms with E-state index in [2.05, 4.69) is 35.5 Å². The highest BCUT2D eigenvalue weighted by atomic mass is 16.1. The molecule has 1 amide bonds. The van der Waals surface area contributed by atoms with Crippen molar-refractivity contribution in [3.8, 4) is 33.9 Å². The van der Waals surface area contributed by atoms with Crippen LogP contribution in [-0.4, -0.2) is 46.0 Å². The SMILES string of the molecule is CC(C)(C)CC(=O)Nc1cncc(-c2ccc3[nH]nc(-c4nc5nccc(-c6cccnc6)c5[nH]4)c3n2)c1. The Bertz CT molecular complexity index is 1780. The number of hydrogen-bond donors (Lipinski definition) is 3. The van der Waals surface area contributed by atoms with Crippen molar-refractivity contribution in [3.63, 3.8) is 0 Å². The van der Waals surface area contributed by atoms with E-state index in [0.29, 0.717) is 40.5 Å². The Hall–Kier alpha value is -4.99. The molecular formula is C28H25N9O. The van der Waals surface area contributed by atoms with E-state index in [1.165, 1.54) is 0 Å². The van der Waals surface area contributed by atoms with Gasteiger partial charge in [0.1, 0.15) is 5.52 Å². The van der Waals surface area contributed by atoms with E-state index in [9.17, 15) is 4.79 Å². The maximum Gasteiger partial charge on any atom is 0.224 e. The predicted octanol–water partition coefficient (Wildman–Crippen LogP) is 5.39. The number of anilines is 1. The lowest BCUT2D eigenvalue weighted by Crippen LogP contribution is -2.19. The number of aromatic amines is 2. The van der Waals surface area contributed by atoms with Crippen LogP contribution in [0.4, 0.5) is 5.69 Å². The van der Waals surface area contributed by atoms with Gasteiger partial charge in [-0.25, -0.2) is 15.0 Å². The number of rotatable bonds is 5. The highest BCUT2D eigenvalue weighted by Crippen LogP contribution is 2.31. The molecule has 0 fully saturated rings. The maximum atomic E-state index is 12.4. The lowest BCUT2D eigenvalue weighted by molar-refractivity contribution is -0.117. The van der Waals surface area contributed by atoms with Gasteiger partial charge in [-0.05, 0) is 35.7 Å². The highest BCUT2D eigenvalue weighted by molar-refractivity contribution is 5.95. The molecule has 0 aliphatic carbocycles. The Morgan fingerprint density at radius 2 is 1.84 bits per heavy atom. The molecule has 6 heterocycles. The van der Waals surface area contributed by atoms with Crippen LogP contribution in [0.25, 0.3) is 56.1 Å². The molecule has 0 unspecified atom stereocenters. The second kappa shape index (κ2) is 9.15. The number of aromatic nitrogens is 8. The molecule has 6 aromatic rings. The van der Waals surface area contributed by atoms with Gasteiger partial charge in [0.2, 0.25) is 5.91 Å². The minimum Gasteiger partial charge on any atom is -0.335 e. The van der Waals surface area contributed by atoms with Crippen molar-refractivity contribution in [3.05, 3.63) is 67.4 Å². The van der Waals surface area contributed by atoms with Gasteiger partial charge in [0.15, 0.2) is 17.2 Å². The van der Waals surface area contributed by atoms with Crippen molar-refractivity contribution in [2.75, 3.05) is 5.32 Å². The van der Waals surface area contributed by atoms with Crippen LogP contribution in [0, 0.1) is 5.41 Å². The first-order valence-electron chi connectivity index (χ1n) is 12.2. The van der Waals surface area contributed by atoms with E-state index in [1.807, 2.05) is 57.2 Å². The van der Waals surface area contributed by atoms with Crippen LogP contribution in [-0.2, 0) is 4.79 Å². The number of fused-ring (bicyclic) bond motifs is 2. The van der Waals surface area contributed by atoms with Gasteiger partial charge in [0.05, 0.1) is 28.6 Å². The van der Waals surface area contributed by atoms with Crippen molar-refractivity contribution < 1.29 is 4.79 Å². The second-order valence-electron chi connectivity index (χ2n) is 10.3. The Labute approximate surface area is 218 Å². The molecule has 0 aromatic carbocycles. The smallest absolute Gasteiger partial charge is 0.224 e. The molecule has 0 spiro atoms. The molecular weight excluding hydrogens is 478 g/mol. The molecule has 0 atom stereocenters. The summed E-state index contributed by atoms with van der Waals surface area (Å²) in [6, 6.07) is 11.5. The number of carbonyl (C=O) groups is 1. The Balaban J connectivity index is 1.36. The summed E-state index contributed by atoms with van der Waals surface area (Å²) >= 11 is 0. The summed E-state index contributed by atoms with van der Waals surface area (Å²) in [7, 11) is 0. The van der Waals surface area contributed by atoms with Gasteiger partial charge in [-0.3, -0.25) is 19.9 Å². The lowest BCUT2D eigenvalue weighted by atomic mass is 9.92. The Morgan fingerprint density at radius 1 is 0.974 bits per heavy atom. The van der Waals surface area contributed by atoms with Crippen LogP contribution in [0.1, 0.15) is 27.2 Å². The molecule has 10 nitrogen and oxygen atoms in total. The molecule has 0 bridgehead atoms. The largest absolute Gasteiger partial charge is 0.335 e. The molecule has 0 saturated heterocycles. The molecule has 3 N–H and O–H groups in total. The summed E-state index contributed by atoms with van der Waals surface area (Å²) < 4.78 is 0. The van der Waals surface area contributed by atoms with Crippen LogP contribution in [0.3, 0.4) is 0 Å². The Morgan fingerprint density at radius 3 is 2.66 bits per heavy atom. The summed E-state index contributed by atoms with van der Waals surface area (Å²) in [6.45, 7) is 6.09. The zero-order chi connectivity index (χ0) is 26.3. The van der Waals surface area contributed by atoms with Crippen LogP contribution in [0.5, 0.6) is 0 Å². The monoisotopic (exact) mass is 503 g/mol. The van der Waals surface area contributed by atoms with Gasteiger partial charge in [0, 0.05) is 47.9 Å². The van der Waals surface area contributed by atoms with Crippen LogP contribution < -0.4 is 5.32 Å². The molecule has 0 radical (unpaired) electrons. The van der Waals surface area contributed by atoms with Gasteiger partial charge in [0.25, 0.3) is 0 Å². The molecule has 6 rings (SSSR count). The fourth-order valence-corrected chi connectivity index (χ4v) is 4.35. The second-order valence-corrected chi connectivity index (χ2v) is 10.3. The number of nitrogens with one attached hydrogen (secondary N) is 3. The van der Waals surface area contributed by atoms with Crippen molar-refractivity contribution in [2.45, 2.75) is 27.2 Å². The van der Waals surface area contributed by atoms with Crippen LogP contribution in [0.15, 0.2) is 67.4 Å². The van der Waals surface area contributed by atoms with Gasteiger partial charge in [-0.2, -0.15) is 5.10 Å². The molecule has 0 aliphatic heterocycles. The molecule has 0 aliphatic rings. The first kappa shape index (κ1) is 23.4. The van der Waals surface area contributed by atoms with E-state index in [0.717, 1.165) is 27.7 Å². The number of hydrogen-bond acceptors (Lipinski definition) is 7. The zero-order valence-corrected chi connectivity index (χ0v) is 21.1. The van der Waals surface area contributed by atoms with E-state index >= 15 is 0 Å². The van der Waals surface area contributed by atoms with Crippen LogP contribution in [0.2, 0.25) is 0 Å². The average molecular weight is 504 g/mol. The summed E-state index contributed by atoms with van der Waals surface area (Å²) in [5, 5.41) is 10.5. The van der Waals surface area contributed by atoms with Gasteiger partial charge in [-0.1, -0.05) is 26.8 Å². The molecule has 0 saturated carbocycles. The average Bonchev–Trinajstić information content (AvgIpc) is 3.51. The minimum atomic E-state index is -0.107. The summed E-state index contributed by atoms with van der Waals surface area (Å²) in [4.78, 5) is 38.4. The number of H-pyrrole nitrogens is 2. The number of pyridine rings is 4. The standard InChI is InChI=1S/C28H25N9O/c1-28(2,3)12-22(38)32-18-11-17(14-30-15-18)20-6-7-21-24(33-20)25(37-36-21)27-34-23-19(8-10-31-26(23)35-27)16-5-4-9-29-13-16/h4-11,13-15H,12H2,1-3H3,(H,32,38)(H,36,37)(H,31,34,35). The van der Waals surface area contributed by atoms with E-state index in [1.54, 1.807) is 31.0 Å². The van der Waals surface area contributed by atoms with Crippen molar-refractivity contribution >= 4 is 33.8 Å². The first-order chi connectivity index (χ1) is 18.3. The zero-order valence-electron chi connectivity index (χ0n) is 21.1. The number of nitrogens with zero attached hydrogens (tertiary/aromatic N) is 6. The molecule has 38 heavy (non-hydrogen) atoms. The summed E-state index contributed by atoms with van der Waals surface area (Å²) in [6.07, 6.45) is 9.04. The van der Waals surface area contributed by atoms with Gasteiger partial charge in [-0.15, -0.1) is 0 Å². The quantitative estimate of drug-likeness (QED) is 0.286. The summed E-state index contributed by atoms with van der Waals surface area (Å²) in [5.74, 6) is 0.502. The first-order valence-corrected chi connectivity index (χ1v) is 12.2. The minimum absolute atomic E-state index is 0.0545. The lowest BCUT2D eigenvalue weighted by Gasteiger charge is -2.17. The molecule has 6 aromatic heterocycles. The fraction of sp³-hybridized carbons (Fsp3) is 0.179. The Kier molecular flexibility index (Phi) is 5.64. The van der Waals surface area contributed by atoms with Gasteiger partial charge >= 0.3 is 0 Å². The summed E-state index contributed by atoms with van der Waals surface area (Å²) in [5.41, 5.74) is 7.29. The maximum absolute atomic E-state index is 12.4. The third-order valence-electron chi connectivity index (χ3n) is 6.01. The van der Waals surface area contributed by atoms with E-state index < -0.39 is 0 Å². The van der Waals surface area contributed by atoms with E-state index in [-0.39, 0.29) is 11.3 Å². The topological polar surface area (TPSA) is 138 Å². The number of imidazole rings is 1.